The second-order valence-electron chi connectivity index (χ2n) is 7.01. The van der Waals surface area contributed by atoms with Crippen molar-refractivity contribution in [2.24, 2.45) is 0 Å². The van der Waals surface area contributed by atoms with Gasteiger partial charge in [0.05, 0.1) is 13.0 Å². The number of carboxylic acid groups (broad SMARTS) is 1. The Hall–Kier alpha value is -3.88. The van der Waals surface area contributed by atoms with Crippen LogP contribution in [0.4, 0.5) is 4.79 Å². The van der Waals surface area contributed by atoms with Gasteiger partial charge in [-0.25, -0.2) is 14.4 Å². The first-order chi connectivity index (χ1) is 15.3. The lowest BCUT2D eigenvalue weighted by molar-refractivity contribution is -0.169. The Morgan fingerprint density at radius 3 is 2.09 bits per heavy atom. The molecule has 1 unspecified atom stereocenters. The topological polar surface area (TPSA) is 120 Å². The predicted octanol–water partition coefficient (Wildman–Crippen LogP) is 3.10. The number of aliphatic carboxylic acids is 1. The fourth-order valence-corrected chi connectivity index (χ4v) is 2.83. The molecule has 0 aromatic heterocycles. The van der Waals surface area contributed by atoms with Gasteiger partial charge in [-0.05, 0) is 17.5 Å². The lowest BCUT2D eigenvalue weighted by atomic mass is 10.1. The van der Waals surface area contributed by atoms with Crippen molar-refractivity contribution in [2.75, 3.05) is 13.7 Å². The fourth-order valence-electron chi connectivity index (χ4n) is 2.83. The maximum absolute atomic E-state index is 12.5. The Balaban J connectivity index is 2.19. The van der Waals surface area contributed by atoms with Gasteiger partial charge in [-0.2, -0.15) is 0 Å². The summed E-state index contributed by atoms with van der Waals surface area (Å²) in [6, 6.07) is 16.5. The number of ether oxygens (including phenoxy) is 1. The van der Waals surface area contributed by atoms with E-state index >= 15 is 0 Å². The summed E-state index contributed by atoms with van der Waals surface area (Å²) in [7, 11) is 1.34. The minimum Gasteiger partial charge on any atom is -0.480 e. The van der Waals surface area contributed by atoms with Crippen LogP contribution >= 0.6 is 0 Å². The lowest BCUT2D eigenvalue weighted by Crippen LogP contribution is -2.52. The van der Waals surface area contributed by atoms with Crippen LogP contribution < -0.4 is 0 Å². The molecule has 0 bridgehead atoms. The SMILES string of the molecule is CCCOC(=O)N(OC(=O)Cc1ccccc1)C(=N)N(C)C(Cc1ccccc1)C(=O)O. The highest BCUT2D eigenvalue weighted by atomic mass is 16.8. The molecule has 32 heavy (non-hydrogen) atoms. The van der Waals surface area contributed by atoms with Gasteiger partial charge in [0.2, 0.25) is 5.96 Å². The van der Waals surface area contributed by atoms with Gasteiger partial charge in [-0.1, -0.05) is 72.7 Å². The third-order valence-electron chi connectivity index (χ3n) is 4.53. The molecule has 0 spiro atoms. The molecule has 9 nitrogen and oxygen atoms in total. The van der Waals surface area contributed by atoms with Gasteiger partial charge in [0.1, 0.15) is 6.04 Å². The number of carboxylic acids is 1. The summed E-state index contributed by atoms with van der Waals surface area (Å²) in [5, 5.41) is 18.5. The summed E-state index contributed by atoms with van der Waals surface area (Å²) in [4.78, 5) is 43.0. The van der Waals surface area contributed by atoms with Crippen molar-refractivity contribution >= 4 is 24.0 Å². The number of hydrogen-bond acceptors (Lipinski definition) is 6. The second kappa shape index (κ2) is 12.1. The average Bonchev–Trinajstić information content (AvgIpc) is 2.79. The molecule has 1 atom stereocenters. The van der Waals surface area contributed by atoms with Gasteiger partial charge in [-0.15, -0.1) is 0 Å². The zero-order valence-electron chi connectivity index (χ0n) is 18.1. The van der Waals surface area contributed by atoms with Crippen molar-refractivity contribution < 1.29 is 29.1 Å². The molecule has 2 aromatic carbocycles. The van der Waals surface area contributed by atoms with Gasteiger partial charge in [0, 0.05) is 13.5 Å². The van der Waals surface area contributed by atoms with E-state index in [-0.39, 0.29) is 19.4 Å². The average molecular weight is 441 g/mol. The highest BCUT2D eigenvalue weighted by molar-refractivity contribution is 5.94. The number of hydrogen-bond donors (Lipinski definition) is 2. The van der Waals surface area contributed by atoms with Gasteiger partial charge >= 0.3 is 18.0 Å². The van der Waals surface area contributed by atoms with Crippen LogP contribution in [0, 0.1) is 5.41 Å². The summed E-state index contributed by atoms with van der Waals surface area (Å²) in [6.07, 6.45) is -0.618. The molecule has 0 aliphatic carbocycles. The van der Waals surface area contributed by atoms with E-state index in [1.807, 2.05) is 6.07 Å². The minimum atomic E-state index is -1.20. The maximum Gasteiger partial charge on any atom is 0.451 e. The number of nitrogens with zero attached hydrogens (tertiary/aromatic N) is 2. The van der Waals surface area contributed by atoms with E-state index < -0.39 is 30.0 Å². The molecule has 2 rings (SSSR count). The van der Waals surface area contributed by atoms with E-state index in [2.05, 4.69) is 0 Å². The van der Waals surface area contributed by atoms with Gasteiger partial charge in [-0.3, -0.25) is 5.41 Å². The number of guanidine groups is 1. The van der Waals surface area contributed by atoms with Crippen LogP contribution in [0.25, 0.3) is 0 Å². The monoisotopic (exact) mass is 441 g/mol. The predicted molar refractivity (Wildman–Crippen MR) is 117 cm³/mol. The molecule has 170 valence electrons. The van der Waals surface area contributed by atoms with Crippen LogP contribution in [0.2, 0.25) is 0 Å². The summed E-state index contributed by atoms with van der Waals surface area (Å²) in [6.45, 7) is 1.84. The van der Waals surface area contributed by atoms with Crippen LogP contribution in [-0.2, 0) is 32.0 Å². The van der Waals surface area contributed by atoms with E-state index in [0.29, 0.717) is 17.0 Å². The molecular weight excluding hydrogens is 414 g/mol. The molecule has 2 aromatic rings. The van der Waals surface area contributed by atoms with Crippen LogP contribution in [-0.4, -0.2) is 58.8 Å². The van der Waals surface area contributed by atoms with Crippen LogP contribution in [0.3, 0.4) is 0 Å². The van der Waals surface area contributed by atoms with E-state index in [4.69, 9.17) is 15.0 Å². The molecule has 2 N–H and O–H groups in total. The molecule has 0 aliphatic rings. The Morgan fingerprint density at radius 2 is 1.56 bits per heavy atom. The Bertz CT molecular complexity index is 920. The highest BCUT2D eigenvalue weighted by Gasteiger charge is 2.33. The number of rotatable bonds is 8. The number of amides is 1. The van der Waals surface area contributed by atoms with Gasteiger partial charge in [0.15, 0.2) is 0 Å². The molecule has 0 saturated heterocycles. The first-order valence-electron chi connectivity index (χ1n) is 10.1. The zero-order chi connectivity index (χ0) is 23.5. The van der Waals surface area contributed by atoms with Gasteiger partial charge in [0.25, 0.3) is 0 Å². The third-order valence-corrected chi connectivity index (χ3v) is 4.53. The Labute approximate surface area is 186 Å². The van der Waals surface area contributed by atoms with E-state index in [1.165, 1.54) is 7.05 Å². The van der Waals surface area contributed by atoms with Crippen LogP contribution in [0.15, 0.2) is 60.7 Å². The van der Waals surface area contributed by atoms with E-state index in [1.54, 1.807) is 61.5 Å². The van der Waals surface area contributed by atoms with E-state index in [0.717, 1.165) is 10.5 Å². The molecule has 9 heteroatoms. The summed E-state index contributed by atoms with van der Waals surface area (Å²) < 4.78 is 5.03. The first-order valence-corrected chi connectivity index (χ1v) is 10.1. The summed E-state index contributed by atoms with van der Waals surface area (Å²) >= 11 is 0. The lowest BCUT2D eigenvalue weighted by Gasteiger charge is -2.31. The van der Waals surface area contributed by atoms with Crippen LogP contribution in [0.1, 0.15) is 24.5 Å². The highest BCUT2D eigenvalue weighted by Crippen LogP contribution is 2.12. The van der Waals surface area contributed by atoms with Crippen molar-refractivity contribution in [2.45, 2.75) is 32.2 Å². The fraction of sp³-hybridized carbons (Fsp3) is 0.304. The molecule has 1 amide bonds. The molecule has 0 heterocycles. The Kier molecular flexibility index (Phi) is 9.22. The molecule has 0 saturated carbocycles. The molecule has 0 aliphatic heterocycles. The number of benzene rings is 2. The first kappa shape index (κ1) is 24.4. The van der Waals surface area contributed by atoms with Crippen molar-refractivity contribution in [3.8, 4) is 0 Å². The van der Waals surface area contributed by atoms with E-state index in [9.17, 15) is 19.5 Å². The largest absolute Gasteiger partial charge is 0.480 e. The molecular formula is C23H27N3O6. The quantitative estimate of drug-likeness (QED) is 0.367. The number of carbonyl (C=O) groups is 3. The molecule has 0 radical (unpaired) electrons. The summed E-state index contributed by atoms with van der Waals surface area (Å²) in [5.74, 6) is -2.62. The number of nitrogens with one attached hydrogen (secondary N) is 1. The van der Waals surface area contributed by atoms with Crippen LogP contribution in [0.5, 0.6) is 0 Å². The van der Waals surface area contributed by atoms with Crippen molar-refractivity contribution in [3.63, 3.8) is 0 Å². The van der Waals surface area contributed by atoms with Crippen molar-refractivity contribution in [1.82, 2.24) is 9.96 Å². The minimum absolute atomic E-state index is 0.0505. The zero-order valence-corrected chi connectivity index (χ0v) is 18.1. The third kappa shape index (κ3) is 7.12. The molecule has 0 fully saturated rings. The second-order valence-corrected chi connectivity index (χ2v) is 7.01. The normalized spacial score (nSPS) is 11.2. The maximum atomic E-state index is 12.5. The standard InChI is InChI=1S/C23H27N3O6/c1-3-14-31-23(30)26(32-20(27)16-18-12-8-5-9-13-18)22(24)25(2)19(21(28)29)15-17-10-6-4-7-11-17/h4-13,19,24H,3,14-16H2,1-2H3,(H,28,29). The number of hydroxylamine groups is 2. The van der Waals surface area contributed by atoms with Crippen molar-refractivity contribution in [1.29, 1.82) is 5.41 Å². The number of carbonyl (C=O) groups excluding carboxylic acids is 2. The van der Waals surface area contributed by atoms with Crippen molar-refractivity contribution in [3.05, 3.63) is 71.8 Å². The summed E-state index contributed by atoms with van der Waals surface area (Å²) in [5.41, 5.74) is 1.40. The van der Waals surface area contributed by atoms with Gasteiger partial charge < -0.3 is 19.6 Å². The number of likely N-dealkylation sites (N-methyl/N-ethyl adjacent to an activating group) is 1. The smallest absolute Gasteiger partial charge is 0.451 e. The Morgan fingerprint density at radius 1 is 1.00 bits per heavy atom.